The van der Waals surface area contributed by atoms with E-state index >= 15 is 0 Å². The van der Waals surface area contributed by atoms with Gasteiger partial charge in [-0.05, 0) is 58.9 Å². The van der Waals surface area contributed by atoms with E-state index in [1.807, 2.05) is 20.8 Å². The van der Waals surface area contributed by atoms with Gasteiger partial charge in [-0.2, -0.15) is 0 Å². The van der Waals surface area contributed by atoms with E-state index in [0.717, 1.165) is 36.1 Å². The molecule has 2 aliphatic rings. The highest BCUT2D eigenvalue weighted by molar-refractivity contribution is 5.88. The van der Waals surface area contributed by atoms with Crippen LogP contribution in [0.5, 0.6) is 0 Å². The van der Waals surface area contributed by atoms with Crippen LogP contribution >= 0.6 is 0 Å². The summed E-state index contributed by atoms with van der Waals surface area (Å²) < 4.78 is 17.9. The Morgan fingerprint density at radius 1 is 1.10 bits per heavy atom. The number of ether oxygens (including phenoxy) is 2. The largest absolute Gasteiger partial charge is 0.469 e. The number of hydrogen-bond acceptors (Lipinski definition) is 5. The molecule has 0 amide bonds. The first-order valence-corrected chi connectivity index (χ1v) is 10.9. The van der Waals surface area contributed by atoms with E-state index < -0.39 is 6.10 Å². The van der Waals surface area contributed by atoms with Crippen molar-refractivity contribution in [2.75, 3.05) is 0 Å². The lowest BCUT2D eigenvalue weighted by molar-refractivity contribution is -0.183. The zero-order chi connectivity index (χ0) is 22.2. The number of carbonyl (C=O) groups is 2. The van der Waals surface area contributed by atoms with Gasteiger partial charge < -0.3 is 13.9 Å². The summed E-state index contributed by atoms with van der Waals surface area (Å²) in [6.45, 7) is 13.5. The molecule has 0 N–H and O–H groups in total. The lowest BCUT2D eigenvalue weighted by Crippen LogP contribution is -2.53. The van der Waals surface area contributed by atoms with Crippen LogP contribution in [0.15, 0.2) is 34.0 Å². The molecule has 5 atom stereocenters. The predicted octanol–water partition coefficient (Wildman–Crippen LogP) is 5.63. The molecule has 0 unspecified atom stereocenters. The SMILES string of the molecule is C/C=C(/C)C(=O)O[C@H]1CC[C@@H]2Cc3occ(C)c3[C@@H](OC(=O)/C(C)=C\C)[C@]2(C)[C@H]1C. The molecule has 3 rings (SSSR count). The van der Waals surface area contributed by atoms with E-state index in [0.29, 0.717) is 11.1 Å². The Morgan fingerprint density at radius 2 is 1.70 bits per heavy atom. The Balaban J connectivity index is 2.00. The van der Waals surface area contributed by atoms with Crippen molar-refractivity contribution in [1.82, 2.24) is 0 Å². The molecule has 1 heterocycles. The molecule has 2 aliphatic carbocycles. The van der Waals surface area contributed by atoms with E-state index in [-0.39, 0.29) is 35.3 Å². The average Bonchev–Trinajstić information content (AvgIpc) is 3.10. The third kappa shape index (κ3) is 3.63. The minimum Gasteiger partial charge on any atom is -0.469 e. The Morgan fingerprint density at radius 3 is 2.30 bits per heavy atom. The maximum absolute atomic E-state index is 12.8. The Labute approximate surface area is 179 Å². The van der Waals surface area contributed by atoms with Gasteiger partial charge in [-0.3, -0.25) is 0 Å². The highest BCUT2D eigenvalue weighted by atomic mass is 16.6. The number of aryl methyl sites for hydroxylation is 1. The first kappa shape index (κ1) is 22.4. The molecule has 0 aromatic carbocycles. The van der Waals surface area contributed by atoms with Gasteiger partial charge in [-0.25, -0.2) is 9.59 Å². The van der Waals surface area contributed by atoms with Crippen LogP contribution in [0.3, 0.4) is 0 Å². The molecule has 5 nitrogen and oxygen atoms in total. The van der Waals surface area contributed by atoms with Crippen molar-refractivity contribution in [3.8, 4) is 0 Å². The van der Waals surface area contributed by atoms with E-state index in [4.69, 9.17) is 13.9 Å². The summed E-state index contributed by atoms with van der Waals surface area (Å²) in [5, 5.41) is 0. The quantitative estimate of drug-likeness (QED) is 0.472. The molecular formula is C25H34O5. The van der Waals surface area contributed by atoms with Crippen molar-refractivity contribution in [2.24, 2.45) is 17.3 Å². The number of furan rings is 1. The van der Waals surface area contributed by atoms with E-state index in [2.05, 4.69) is 13.8 Å². The second-order valence-electron chi connectivity index (χ2n) is 9.06. The number of rotatable bonds is 4. The summed E-state index contributed by atoms with van der Waals surface area (Å²) in [6, 6.07) is 0. The Bertz CT molecular complexity index is 889. The third-order valence-electron chi connectivity index (χ3n) is 7.57. The van der Waals surface area contributed by atoms with Crippen molar-refractivity contribution in [3.63, 3.8) is 0 Å². The second-order valence-corrected chi connectivity index (χ2v) is 9.06. The molecule has 0 bridgehead atoms. The molecule has 1 fully saturated rings. The standard InChI is InChI=1S/C25H34O5/c1-8-14(3)23(26)29-19-11-10-18-12-20-21(16(5)13-28-20)22(25(18,7)17(19)6)30-24(27)15(4)9-2/h8-9,13,17-19,22H,10-12H2,1-7H3/b14-8-,15-9-/t17-,18+,19-,22+,25+/m0/s1. The minimum atomic E-state index is -0.438. The summed E-state index contributed by atoms with van der Waals surface area (Å²) in [6.07, 6.45) is 7.15. The van der Waals surface area contributed by atoms with Gasteiger partial charge in [0, 0.05) is 34.5 Å². The molecular weight excluding hydrogens is 380 g/mol. The maximum Gasteiger partial charge on any atom is 0.334 e. The number of allylic oxidation sites excluding steroid dienone is 2. The van der Waals surface area contributed by atoms with Crippen molar-refractivity contribution < 1.29 is 23.5 Å². The molecule has 0 saturated heterocycles. The predicted molar refractivity (Wildman–Crippen MR) is 115 cm³/mol. The first-order valence-electron chi connectivity index (χ1n) is 10.9. The first-order chi connectivity index (χ1) is 14.1. The van der Waals surface area contributed by atoms with Gasteiger partial charge in [0.25, 0.3) is 0 Å². The van der Waals surface area contributed by atoms with Gasteiger partial charge in [0.2, 0.25) is 0 Å². The smallest absolute Gasteiger partial charge is 0.334 e. The Kier molecular flexibility index (Phi) is 6.30. The van der Waals surface area contributed by atoms with Crippen molar-refractivity contribution >= 4 is 11.9 Å². The molecule has 0 radical (unpaired) electrons. The topological polar surface area (TPSA) is 65.7 Å². The van der Waals surface area contributed by atoms with Crippen LogP contribution in [0.1, 0.15) is 77.4 Å². The van der Waals surface area contributed by atoms with Crippen molar-refractivity contribution in [3.05, 3.63) is 46.4 Å². The molecule has 0 aliphatic heterocycles. The molecule has 1 saturated carbocycles. The van der Waals surface area contributed by atoms with Crippen LogP contribution < -0.4 is 0 Å². The van der Waals surface area contributed by atoms with Gasteiger partial charge >= 0.3 is 11.9 Å². The number of fused-ring (bicyclic) bond motifs is 2. The molecule has 1 aromatic heterocycles. The molecule has 5 heteroatoms. The van der Waals surface area contributed by atoms with E-state index in [1.54, 1.807) is 32.3 Å². The summed E-state index contributed by atoms with van der Waals surface area (Å²) in [5.74, 6) is 0.638. The molecule has 1 aromatic rings. The summed E-state index contributed by atoms with van der Waals surface area (Å²) in [5.41, 5.74) is 2.81. The van der Waals surface area contributed by atoms with Crippen LogP contribution in [-0.2, 0) is 25.5 Å². The molecule has 164 valence electrons. The number of esters is 2. The fourth-order valence-electron chi connectivity index (χ4n) is 5.04. The monoisotopic (exact) mass is 414 g/mol. The molecule has 30 heavy (non-hydrogen) atoms. The van der Waals surface area contributed by atoms with Crippen molar-refractivity contribution in [1.29, 1.82) is 0 Å². The van der Waals surface area contributed by atoms with Crippen LogP contribution in [0.2, 0.25) is 0 Å². The van der Waals surface area contributed by atoms with Crippen molar-refractivity contribution in [2.45, 2.75) is 79.9 Å². The highest BCUT2D eigenvalue weighted by Gasteiger charge is 2.57. The minimum absolute atomic E-state index is 0.0241. The number of carbonyl (C=O) groups excluding carboxylic acids is 2. The molecule has 0 spiro atoms. The van der Waals surface area contributed by atoms with E-state index in [1.165, 1.54) is 0 Å². The highest BCUT2D eigenvalue weighted by Crippen LogP contribution is 2.60. The average molecular weight is 415 g/mol. The van der Waals surface area contributed by atoms with Crippen LogP contribution in [0.4, 0.5) is 0 Å². The van der Waals surface area contributed by atoms with E-state index in [9.17, 15) is 9.59 Å². The lowest BCUT2D eigenvalue weighted by Gasteiger charge is -2.54. The fraction of sp³-hybridized carbons (Fsp3) is 0.600. The zero-order valence-electron chi connectivity index (χ0n) is 19.2. The number of hydrogen-bond donors (Lipinski definition) is 0. The third-order valence-corrected chi connectivity index (χ3v) is 7.57. The zero-order valence-corrected chi connectivity index (χ0v) is 19.2. The summed E-state index contributed by atoms with van der Waals surface area (Å²) in [7, 11) is 0. The van der Waals surface area contributed by atoms with Crippen LogP contribution in [0, 0.1) is 24.2 Å². The maximum atomic E-state index is 12.8. The second kappa shape index (κ2) is 8.44. The van der Waals surface area contributed by atoms with Gasteiger partial charge in [-0.1, -0.05) is 26.0 Å². The Hall–Kier alpha value is -2.30. The normalized spacial score (nSPS) is 31.6. The van der Waals surface area contributed by atoms with Crippen LogP contribution in [-0.4, -0.2) is 18.0 Å². The lowest BCUT2D eigenvalue weighted by atomic mass is 9.53. The summed E-state index contributed by atoms with van der Waals surface area (Å²) >= 11 is 0. The summed E-state index contributed by atoms with van der Waals surface area (Å²) in [4.78, 5) is 25.2. The fourth-order valence-corrected chi connectivity index (χ4v) is 5.04. The van der Waals surface area contributed by atoms with Crippen LogP contribution in [0.25, 0.3) is 0 Å². The van der Waals surface area contributed by atoms with Gasteiger partial charge in [0.05, 0.1) is 6.26 Å². The van der Waals surface area contributed by atoms with Gasteiger partial charge in [0.1, 0.15) is 18.0 Å². The van der Waals surface area contributed by atoms with Gasteiger partial charge in [0.15, 0.2) is 0 Å². The van der Waals surface area contributed by atoms with Gasteiger partial charge in [-0.15, -0.1) is 0 Å².